The monoisotopic (exact) mass is 193 g/mol. The maximum atomic E-state index is 5.41. The van der Waals surface area contributed by atoms with Gasteiger partial charge < -0.3 is 4.74 Å². The molecule has 0 spiro atoms. The third-order valence-corrected chi connectivity index (χ3v) is 2.30. The number of benzene rings is 1. The van der Waals surface area contributed by atoms with Crippen molar-refractivity contribution in [2.45, 2.75) is 19.6 Å². The molecule has 1 saturated heterocycles. The van der Waals surface area contributed by atoms with E-state index >= 15 is 0 Å². The van der Waals surface area contributed by atoms with Gasteiger partial charge in [0, 0.05) is 6.54 Å². The van der Waals surface area contributed by atoms with E-state index in [4.69, 9.17) is 9.57 Å². The van der Waals surface area contributed by atoms with Crippen molar-refractivity contribution in [3.63, 3.8) is 0 Å². The van der Waals surface area contributed by atoms with Gasteiger partial charge in [0.1, 0.15) is 5.75 Å². The Balaban J connectivity index is 1.98. The van der Waals surface area contributed by atoms with Crippen molar-refractivity contribution in [2.75, 3.05) is 13.7 Å². The summed E-state index contributed by atoms with van der Waals surface area (Å²) >= 11 is 0. The van der Waals surface area contributed by atoms with Gasteiger partial charge in [0.05, 0.1) is 7.11 Å². The first kappa shape index (κ1) is 9.49. The minimum atomic E-state index is 0.167. The van der Waals surface area contributed by atoms with Gasteiger partial charge in [-0.15, -0.1) is 0 Å². The number of nitrogens with zero attached hydrogens (tertiary/aromatic N) is 1. The molecule has 0 radical (unpaired) electrons. The Morgan fingerprint density at radius 3 is 2.64 bits per heavy atom. The van der Waals surface area contributed by atoms with Gasteiger partial charge in [-0.2, -0.15) is 5.06 Å². The van der Waals surface area contributed by atoms with Crippen LogP contribution >= 0.6 is 0 Å². The van der Waals surface area contributed by atoms with Crippen LogP contribution in [0.5, 0.6) is 5.75 Å². The Kier molecular flexibility index (Phi) is 2.70. The molecule has 1 aromatic carbocycles. The van der Waals surface area contributed by atoms with Gasteiger partial charge >= 0.3 is 0 Å². The standard InChI is InChI=1S/C11H15NO2/c1-3-8-12-11(14-12)9-4-6-10(13-2)7-5-9/h4-7,11H,3,8H2,1-2H3. The highest BCUT2D eigenvalue weighted by Gasteiger charge is 2.36. The molecule has 14 heavy (non-hydrogen) atoms. The summed E-state index contributed by atoms with van der Waals surface area (Å²) in [6.45, 7) is 3.14. The lowest BCUT2D eigenvalue weighted by Crippen LogP contribution is -1.98. The molecule has 2 atom stereocenters. The van der Waals surface area contributed by atoms with E-state index in [-0.39, 0.29) is 6.23 Å². The zero-order valence-electron chi connectivity index (χ0n) is 8.56. The van der Waals surface area contributed by atoms with Crippen molar-refractivity contribution in [3.05, 3.63) is 29.8 Å². The van der Waals surface area contributed by atoms with E-state index in [0.717, 1.165) is 18.7 Å². The summed E-state index contributed by atoms with van der Waals surface area (Å²) in [6.07, 6.45) is 1.29. The molecule has 1 aliphatic rings. The first-order valence-electron chi connectivity index (χ1n) is 4.92. The molecule has 1 heterocycles. The number of hydrogen-bond donors (Lipinski definition) is 0. The molecule has 0 aliphatic carbocycles. The SMILES string of the molecule is CCCN1OC1c1ccc(OC)cc1. The average Bonchev–Trinajstić information content (AvgIpc) is 2.98. The third-order valence-electron chi connectivity index (χ3n) is 2.30. The van der Waals surface area contributed by atoms with Gasteiger partial charge in [-0.1, -0.05) is 19.1 Å². The number of hydroxylamine groups is 2. The van der Waals surface area contributed by atoms with Crippen LogP contribution in [0.3, 0.4) is 0 Å². The van der Waals surface area contributed by atoms with Crippen LogP contribution in [0.4, 0.5) is 0 Å². The molecule has 2 rings (SSSR count). The van der Waals surface area contributed by atoms with Crippen LogP contribution in [0.15, 0.2) is 24.3 Å². The van der Waals surface area contributed by atoms with E-state index in [9.17, 15) is 0 Å². The van der Waals surface area contributed by atoms with E-state index < -0.39 is 0 Å². The minimum Gasteiger partial charge on any atom is -0.497 e. The highest BCUT2D eigenvalue weighted by atomic mass is 16.8. The molecule has 76 valence electrons. The summed E-state index contributed by atoms with van der Waals surface area (Å²) in [6, 6.07) is 8.00. The molecule has 3 nitrogen and oxygen atoms in total. The normalized spacial score (nSPS) is 24.7. The van der Waals surface area contributed by atoms with E-state index in [0.29, 0.717) is 0 Å². The van der Waals surface area contributed by atoms with Crippen LogP contribution in [-0.4, -0.2) is 18.7 Å². The fourth-order valence-corrected chi connectivity index (χ4v) is 1.49. The second-order valence-electron chi connectivity index (χ2n) is 3.37. The van der Waals surface area contributed by atoms with Crippen molar-refractivity contribution in [1.82, 2.24) is 5.06 Å². The largest absolute Gasteiger partial charge is 0.497 e. The van der Waals surface area contributed by atoms with E-state index in [1.165, 1.54) is 5.56 Å². The van der Waals surface area contributed by atoms with Gasteiger partial charge in [-0.3, -0.25) is 4.84 Å². The Morgan fingerprint density at radius 1 is 1.36 bits per heavy atom. The number of ether oxygens (including phenoxy) is 1. The van der Waals surface area contributed by atoms with Crippen LogP contribution in [0.2, 0.25) is 0 Å². The third kappa shape index (κ3) is 1.89. The Labute approximate surface area is 84.2 Å². The zero-order valence-corrected chi connectivity index (χ0v) is 8.56. The molecule has 0 aromatic heterocycles. The second kappa shape index (κ2) is 3.98. The molecule has 1 aliphatic heterocycles. The number of hydrogen-bond acceptors (Lipinski definition) is 3. The van der Waals surface area contributed by atoms with Gasteiger partial charge in [0.25, 0.3) is 0 Å². The number of rotatable bonds is 4. The van der Waals surface area contributed by atoms with Crippen LogP contribution in [0, 0.1) is 0 Å². The fourth-order valence-electron chi connectivity index (χ4n) is 1.49. The first-order chi connectivity index (χ1) is 6.85. The van der Waals surface area contributed by atoms with Crippen molar-refractivity contribution in [2.24, 2.45) is 0 Å². The van der Waals surface area contributed by atoms with Crippen LogP contribution in [0.25, 0.3) is 0 Å². The van der Waals surface area contributed by atoms with E-state index in [2.05, 4.69) is 6.92 Å². The molecule has 0 amide bonds. The van der Waals surface area contributed by atoms with Crippen LogP contribution in [0.1, 0.15) is 25.1 Å². The number of methoxy groups -OCH3 is 1. The second-order valence-corrected chi connectivity index (χ2v) is 3.37. The molecule has 0 saturated carbocycles. The quantitative estimate of drug-likeness (QED) is 0.686. The predicted molar refractivity (Wildman–Crippen MR) is 53.8 cm³/mol. The Morgan fingerprint density at radius 2 is 2.07 bits per heavy atom. The van der Waals surface area contributed by atoms with Crippen molar-refractivity contribution in [3.8, 4) is 5.75 Å². The summed E-state index contributed by atoms with van der Waals surface area (Å²) in [5.41, 5.74) is 1.19. The molecule has 0 bridgehead atoms. The fraction of sp³-hybridized carbons (Fsp3) is 0.455. The highest BCUT2D eigenvalue weighted by Crippen LogP contribution is 2.37. The maximum Gasteiger partial charge on any atom is 0.179 e. The Bertz CT molecular complexity index is 297. The van der Waals surface area contributed by atoms with E-state index in [1.807, 2.05) is 29.3 Å². The van der Waals surface area contributed by atoms with Gasteiger partial charge in [0.15, 0.2) is 6.23 Å². The van der Waals surface area contributed by atoms with Gasteiger partial charge in [0.2, 0.25) is 0 Å². The smallest absolute Gasteiger partial charge is 0.179 e. The molecule has 1 fully saturated rings. The first-order valence-corrected chi connectivity index (χ1v) is 4.92. The van der Waals surface area contributed by atoms with Crippen molar-refractivity contribution >= 4 is 0 Å². The predicted octanol–water partition coefficient (Wildman–Crippen LogP) is 2.35. The summed E-state index contributed by atoms with van der Waals surface area (Å²) in [5.74, 6) is 0.886. The van der Waals surface area contributed by atoms with Crippen LogP contribution < -0.4 is 4.74 Å². The Hall–Kier alpha value is -1.06. The van der Waals surface area contributed by atoms with E-state index in [1.54, 1.807) is 7.11 Å². The topological polar surface area (TPSA) is 24.8 Å². The lowest BCUT2D eigenvalue weighted by atomic mass is 10.2. The van der Waals surface area contributed by atoms with Gasteiger partial charge in [-0.25, -0.2) is 0 Å². The summed E-state index contributed by atoms with van der Waals surface area (Å²) in [4.78, 5) is 5.41. The molecular weight excluding hydrogens is 178 g/mol. The molecule has 3 heteroatoms. The van der Waals surface area contributed by atoms with Crippen molar-refractivity contribution in [1.29, 1.82) is 0 Å². The lowest BCUT2D eigenvalue weighted by Gasteiger charge is -2.00. The highest BCUT2D eigenvalue weighted by molar-refractivity contribution is 5.29. The molecule has 2 unspecified atom stereocenters. The lowest BCUT2D eigenvalue weighted by molar-refractivity contribution is 0.199. The molecule has 1 aromatic rings. The minimum absolute atomic E-state index is 0.167. The average molecular weight is 193 g/mol. The summed E-state index contributed by atoms with van der Waals surface area (Å²) in [7, 11) is 1.67. The summed E-state index contributed by atoms with van der Waals surface area (Å²) in [5, 5.41) is 1.99. The summed E-state index contributed by atoms with van der Waals surface area (Å²) < 4.78 is 5.09. The zero-order chi connectivity index (χ0) is 9.97. The molecular formula is C11H15NO2. The van der Waals surface area contributed by atoms with Gasteiger partial charge in [-0.05, 0) is 24.1 Å². The maximum absolute atomic E-state index is 5.41. The van der Waals surface area contributed by atoms with Crippen molar-refractivity contribution < 1.29 is 9.57 Å². The van der Waals surface area contributed by atoms with Crippen LogP contribution in [-0.2, 0) is 4.84 Å². The molecule has 0 N–H and O–H groups in total.